The number of nitrogens with zero attached hydrogens (tertiary/aromatic N) is 1. The van der Waals surface area contributed by atoms with Gasteiger partial charge in [0.25, 0.3) is 0 Å². The van der Waals surface area contributed by atoms with Crippen LogP contribution in [-0.4, -0.2) is 37.8 Å². The lowest BCUT2D eigenvalue weighted by Crippen LogP contribution is -2.52. The van der Waals surface area contributed by atoms with Gasteiger partial charge >= 0.3 is 0 Å². The number of hydrogen-bond acceptors (Lipinski definition) is 5. The second-order valence-corrected chi connectivity index (χ2v) is 7.84. The number of carbonyl (C=O) groups is 1. The van der Waals surface area contributed by atoms with Gasteiger partial charge in [-0.3, -0.25) is 10.1 Å². The molecule has 0 bridgehead atoms. The molecule has 0 aromatic rings. The van der Waals surface area contributed by atoms with Crippen LogP contribution in [0.3, 0.4) is 0 Å². The van der Waals surface area contributed by atoms with Gasteiger partial charge in [0.1, 0.15) is 4.75 Å². The summed E-state index contributed by atoms with van der Waals surface area (Å²) in [6, 6.07) is 0. The van der Waals surface area contributed by atoms with E-state index in [1.54, 1.807) is 0 Å². The number of rotatable bonds is 6. The van der Waals surface area contributed by atoms with Crippen molar-refractivity contribution in [2.45, 2.75) is 38.9 Å². The second kappa shape index (κ2) is 6.74. The molecule has 0 saturated heterocycles. The Morgan fingerprint density at radius 3 is 2.32 bits per heavy atom. The molecule has 112 valence electrons. The van der Waals surface area contributed by atoms with Gasteiger partial charge in [-0.05, 0) is 26.2 Å². The summed E-state index contributed by atoms with van der Waals surface area (Å²) in [5.74, 6) is -0.634. The number of carbonyl (C=O) groups excluding carboxylic acids is 1. The molecule has 8 heteroatoms. The molecule has 0 aliphatic heterocycles. The zero-order valence-electron chi connectivity index (χ0n) is 12.1. The summed E-state index contributed by atoms with van der Waals surface area (Å²) in [4.78, 5) is 12.0. The highest BCUT2D eigenvalue weighted by molar-refractivity contribution is 7.93. The van der Waals surface area contributed by atoms with Crippen LogP contribution in [0.25, 0.3) is 0 Å². The summed E-state index contributed by atoms with van der Waals surface area (Å²) in [5.41, 5.74) is 7.81. The average Bonchev–Trinajstić information content (AvgIpc) is 2.26. The van der Waals surface area contributed by atoms with Crippen molar-refractivity contribution in [2.75, 3.05) is 12.8 Å². The van der Waals surface area contributed by atoms with Crippen LogP contribution < -0.4 is 16.5 Å². The van der Waals surface area contributed by atoms with Crippen LogP contribution >= 0.6 is 0 Å². The average molecular weight is 292 g/mol. The van der Waals surface area contributed by atoms with Crippen LogP contribution in [0.15, 0.2) is 5.10 Å². The fourth-order valence-electron chi connectivity index (χ4n) is 1.20. The summed E-state index contributed by atoms with van der Waals surface area (Å²) in [7, 11) is -2.04. The topological polar surface area (TPSA) is 114 Å². The molecular formula is C11H24N4O3S. The highest BCUT2D eigenvalue weighted by atomic mass is 32.2. The van der Waals surface area contributed by atoms with Crippen LogP contribution in [0.5, 0.6) is 0 Å². The van der Waals surface area contributed by atoms with Gasteiger partial charge in [-0.1, -0.05) is 13.8 Å². The van der Waals surface area contributed by atoms with Crippen LogP contribution in [0.1, 0.15) is 34.1 Å². The Morgan fingerprint density at radius 1 is 1.37 bits per heavy atom. The molecule has 19 heavy (non-hydrogen) atoms. The van der Waals surface area contributed by atoms with E-state index in [4.69, 9.17) is 5.73 Å². The summed E-state index contributed by atoms with van der Waals surface area (Å²) in [6.07, 6.45) is 0.513. The van der Waals surface area contributed by atoms with Gasteiger partial charge in [0.05, 0.1) is 5.75 Å². The van der Waals surface area contributed by atoms with Gasteiger partial charge in [0.15, 0.2) is 9.84 Å². The molecule has 0 unspecified atom stereocenters. The number of hydrogen-bond donors (Lipinski definition) is 3. The first-order chi connectivity index (χ1) is 8.54. The summed E-state index contributed by atoms with van der Waals surface area (Å²) >= 11 is 0. The molecule has 0 aromatic heterocycles. The van der Waals surface area contributed by atoms with Crippen LogP contribution in [0.4, 0.5) is 0 Å². The van der Waals surface area contributed by atoms with Crippen molar-refractivity contribution in [1.82, 2.24) is 10.7 Å². The first-order valence-corrected chi connectivity index (χ1v) is 7.73. The minimum Gasteiger partial charge on any atom is -0.368 e. The molecule has 0 atom stereocenters. The van der Waals surface area contributed by atoms with E-state index in [1.165, 1.54) is 20.9 Å². The third kappa shape index (κ3) is 5.06. The van der Waals surface area contributed by atoms with Crippen molar-refractivity contribution < 1.29 is 13.2 Å². The Labute approximate surface area is 114 Å². The number of nitrogens with two attached hydrogens (primary N) is 1. The Hall–Kier alpha value is -1.31. The van der Waals surface area contributed by atoms with E-state index in [1.807, 2.05) is 13.8 Å². The Morgan fingerprint density at radius 2 is 1.89 bits per heavy atom. The highest BCUT2D eigenvalue weighted by Gasteiger charge is 2.41. The van der Waals surface area contributed by atoms with E-state index in [0.717, 1.165) is 0 Å². The third-order valence-corrected chi connectivity index (χ3v) is 5.28. The molecule has 0 aromatic carbocycles. The van der Waals surface area contributed by atoms with Gasteiger partial charge in [0.2, 0.25) is 11.9 Å². The van der Waals surface area contributed by atoms with E-state index in [9.17, 15) is 13.2 Å². The van der Waals surface area contributed by atoms with Gasteiger partial charge in [0, 0.05) is 7.05 Å². The van der Waals surface area contributed by atoms with E-state index in [0.29, 0.717) is 6.42 Å². The van der Waals surface area contributed by atoms with E-state index < -0.39 is 20.5 Å². The maximum Gasteiger partial charge on any atom is 0.247 e. The van der Waals surface area contributed by atoms with E-state index in [2.05, 4.69) is 15.8 Å². The fourth-order valence-corrected chi connectivity index (χ4v) is 2.83. The molecule has 0 heterocycles. The number of guanidine groups is 1. The smallest absolute Gasteiger partial charge is 0.247 e. The first kappa shape index (κ1) is 17.7. The molecule has 0 spiro atoms. The quantitative estimate of drug-likeness (QED) is 0.356. The minimum atomic E-state index is -3.56. The molecule has 0 fully saturated rings. The minimum absolute atomic E-state index is 0.0336. The maximum absolute atomic E-state index is 12.2. The van der Waals surface area contributed by atoms with Crippen molar-refractivity contribution in [1.29, 1.82) is 0 Å². The van der Waals surface area contributed by atoms with E-state index in [-0.39, 0.29) is 17.6 Å². The second-order valence-electron chi connectivity index (χ2n) is 5.19. The predicted octanol–water partition coefficient (Wildman–Crippen LogP) is -0.209. The SMILES string of the molecule is CN/N=C(\N)NC(=O)C(C)(C)S(=O)(=O)CCC(C)C. The lowest BCUT2D eigenvalue weighted by atomic mass is 10.2. The van der Waals surface area contributed by atoms with Gasteiger partial charge < -0.3 is 11.2 Å². The molecule has 7 nitrogen and oxygen atoms in total. The summed E-state index contributed by atoms with van der Waals surface area (Å²) in [5, 5.41) is 5.81. The predicted molar refractivity (Wildman–Crippen MR) is 76.1 cm³/mol. The van der Waals surface area contributed by atoms with Crippen LogP contribution in [0.2, 0.25) is 0 Å². The number of nitrogens with one attached hydrogen (secondary N) is 2. The number of hydrazone groups is 1. The van der Waals surface area contributed by atoms with Gasteiger partial charge in [-0.25, -0.2) is 8.42 Å². The molecule has 4 N–H and O–H groups in total. The normalized spacial score (nSPS) is 13.5. The van der Waals surface area contributed by atoms with Crippen molar-refractivity contribution in [3.63, 3.8) is 0 Å². The van der Waals surface area contributed by atoms with Crippen molar-refractivity contribution in [3.05, 3.63) is 0 Å². The lowest BCUT2D eigenvalue weighted by Gasteiger charge is -2.23. The number of sulfone groups is 1. The molecular weight excluding hydrogens is 268 g/mol. The summed E-state index contributed by atoms with van der Waals surface area (Å²) < 4.78 is 22.8. The third-order valence-electron chi connectivity index (χ3n) is 2.76. The molecule has 0 saturated carbocycles. The van der Waals surface area contributed by atoms with Gasteiger partial charge in [-0.2, -0.15) is 0 Å². The maximum atomic E-state index is 12.2. The summed E-state index contributed by atoms with van der Waals surface area (Å²) in [6.45, 7) is 6.59. The standard InChI is InChI=1S/C11H24N4O3S/c1-8(2)6-7-19(17,18)11(3,4)9(16)14-10(12)15-13-5/h8,13H,6-7H2,1-5H3,(H3,12,14,15,16). The lowest BCUT2D eigenvalue weighted by molar-refractivity contribution is -0.121. The molecule has 0 radical (unpaired) electrons. The monoisotopic (exact) mass is 292 g/mol. The van der Waals surface area contributed by atoms with Crippen molar-refractivity contribution in [3.8, 4) is 0 Å². The molecule has 0 rings (SSSR count). The molecule has 1 amide bonds. The van der Waals surface area contributed by atoms with Crippen LogP contribution in [0, 0.1) is 5.92 Å². The Kier molecular flexibility index (Phi) is 6.28. The fraction of sp³-hybridized carbons (Fsp3) is 0.818. The zero-order valence-corrected chi connectivity index (χ0v) is 13.0. The molecule has 0 aliphatic rings. The largest absolute Gasteiger partial charge is 0.368 e. The van der Waals surface area contributed by atoms with Crippen molar-refractivity contribution in [2.24, 2.45) is 16.8 Å². The molecule has 0 aliphatic carbocycles. The van der Waals surface area contributed by atoms with Crippen molar-refractivity contribution >= 4 is 21.7 Å². The zero-order chi connectivity index (χ0) is 15.3. The Bertz CT molecular complexity index is 441. The first-order valence-electron chi connectivity index (χ1n) is 6.08. The highest BCUT2D eigenvalue weighted by Crippen LogP contribution is 2.20. The number of amides is 1. The van der Waals surface area contributed by atoms with Crippen LogP contribution in [-0.2, 0) is 14.6 Å². The van der Waals surface area contributed by atoms with Gasteiger partial charge in [-0.15, -0.1) is 5.10 Å². The Balaban J connectivity index is 4.94. The van der Waals surface area contributed by atoms with E-state index >= 15 is 0 Å².